The van der Waals surface area contributed by atoms with Gasteiger partial charge in [0.1, 0.15) is 11.5 Å². The molecule has 3 aromatic rings. The number of hydrogen-bond donors (Lipinski definition) is 0. The maximum Gasteiger partial charge on any atom is 0.420 e. The number of nitrogens with zero attached hydrogens (tertiary/aromatic N) is 2. The lowest BCUT2D eigenvalue weighted by atomic mass is 10.0. The van der Waals surface area contributed by atoms with Crippen molar-refractivity contribution in [1.82, 2.24) is 9.47 Å². The molecule has 0 spiro atoms. The number of likely N-dealkylation sites (tertiary alicyclic amines) is 1. The van der Waals surface area contributed by atoms with Gasteiger partial charge < -0.3 is 18.8 Å². The minimum Gasteiger partial charge on any atom is -0.497 e. The number of fused-ring (bicyclic) bond motifs is 1. The molecule has 7 nitrogen and oxygen atoms in total. The van der Waals surface area contributed by atoms with Crippen LogP contribution >= 0.6 is 0 Å². The van der Waals surface area contributed by atoms with Gasteiger partial charge in [0.2, 0.25) is 0 Å². The van der Waals surface area contributed by atoms with Crippen molar-refractivity contribution in [2.45, 2.75) is 18.9 Å². The molecule has 0 atom stereocenters. The van der Waals surface area contributed by atoms with Gasteiger partial charge in [0.15, 0.2) is 5.58 Å². The smallest absolute Gasteiger partial charge is 0.420 e. The third kappa shape index (κ3) is 3.24. The summed E-state index contributed by atoms with van der Waals surface area (Å²) < 4.78 is 17.5. The topological polar surface area (TPSA) is 73.9 Å². The molecule has 0 saturated carbocycles. The van der Waals surface area contributed by atoms with E-state index < -0.39 is 0 Å². The molecule has 2 aromatic carbocycles. The zero-order valence-corrected chi connectivity index (χ0v) is 15.9. The van der Waals surface area contributed by atoms with Gasteiger partial charge in [-0.25, -0.2) is 4.79 Å². The van der Waals surface area contributed by atoms with Crippen molar-refractivity contribution in [3.05, 3.63) is 58.6 Å². The van der Waals surface area contributed by atoms with Crippen LogP contribution in [0.3, 0.4) is 0 Å². The molecule has 0 bridgehead atoms. The number of amides is 1. The SMILES string of the molecule is COc1cccc(C(=O)N2CCC(n3c(=O)oc4ccc(OC)cc43)CC2)c1. The van der Waals surface area contributed by atoms with E-state index in [9.17, 15) is 9.59 Å². The molecule has 1 aliphatic rings. The summed E-state index contributed by atoms with van der Waals surface area (Å²) in [6, 6.07) is 12.5. The van der Waals surface area contributed by atoms with Gasteiger partial charge >= 0.3 is 5.76 Å². The highest BCUT2D eigenvalue weighted by molar-refractivity contribution is 5.94. The van der Waals surface area contributed by atoms with E-state index in [-0.39, 0.29) is 17.7 Å². The summed E-state index contributed by atoms with van der Waals surface area (Å²) in [4.78, 5) is 27.0. The van der Waals surface area contributed by atoms with Crippen LogP contribution in [0.5, 0.6) is 11.5 Å². The fourth-order valence-electron chi connectivity index (χ4n) is 3.75. The van der Waals surface area contributed by atoms with E-state index in [0.717, 1.165) is 5.52 Å². The zero-order valence-electron chi connectivity index (χ0n) is 15.9. The van der Waals surface area contributed by atoms with Crippen molar-refractivity contribution in [3.63, 3.8) is 0 Å². The predicted octanol–water partition coefficient (Wildman–Crippen LogP) is 3.09. The quantitative estimate of drug-likeness (QED) is 0.693. The van der Waals surface area contributed by atoms with E-state index in [4.69, 9.17) is 13.9 Å². The number of carbonyl (C=O) groups is 1. The van der Waals surface area contributed by atoms with Crippen LogP contribution in [0.4, 0.5) is 0 Å². The van der Waals surface area contributed by atoms with Crippen LogP contribution < -0.4 is 15.2 Å². The predicted molar refractivity (Wildman–Crippen MR) is 104 cm³/mol. The molecular formula is C21H22N2O5. The number of benzene rings is 2. The third-order valence-electron chi connectivity index (χ3n) is 5.25. The molecule has 4 rings (SSSR count). The molecule has 1 aliphatic heterocycles. The lowest BCUT2D eigenvalue weighted by molar-refractivity contribution is 0.0693. The maximum absolute atomic E-state index is 12.8. The standard InChI is InChI=1S/C21H22N2O5/c1-26-16-5-3-4-14(12-16)20(24)22-10-8-15(9-11-22)23-18-13-17(27-2)6-7-19(18)28-21(23)25/h3-7,12-13,15H,8-11H2,1-2H3. The van der Waals surface area contributed by atoms with E-state index in [1.807, 2.05) is 23.1 Å². The maximum atomic E-state index is 12.8. The Hall–Kier alpha value is -3.22. The largest absolute Gasteiger partial charge is 0.497 e. The second-order valence-electron chi connectivity index (χ2n) is 6.83. The molecule has 0 N–H and O–H groups in total. The van der Waals surface area contributed by atoms with Crippen molar-refractivity contribution in [2.75, 3.05) is 27.3 Å². The number of piperidine rings is 1. The van der Waals surface area contributed by atoms with E-state index in [1.54, 1.807) is 43.1 Å². The minimum atomic E-state index is -0.374. The number of hydrogen-bond acceptors (Lipinski definition) is 5. The Morgan fingerprint density at radius 1 is 1.04 bits per heavy atom. The lowest BCUT2D eigenvalue weighted by Crippen LogP contribution is -2.40. The minimum absolute atomic E-state index is 0.0183. The van der Waals surface area contributed by atoms with Crippen molar-refractivity contribution < 1.29 is 18.7 Å². The fourth-order valence-corrected chi connectivity index (χ4v) is 3.75. The summed E-state index contributed by atoms with van der Waals surface area (Å²) in [7, 11) is 3.17. The van der Waals surface area contributed by atoms with Gasteiger partial charge in [-0.2, -0.15) is 0 Å². The van der Waals surface area contributed by atoms with Crippen molar-refractivity contribution >= 4 is 17.0 Å². The second-order valence-corrected chi connectivity index (χ2v) is 6.83. The van der Waals surface area contributed by atoms with Crippen LogP contribution in [0.2, 0.25) is 0 Å². The average molecular weight is 382 g/mol. The summed E-state index contributed by atoms with van der Waals surface area (Å²) in [5.41, 5.74) is 1.87. The highest BCUT2D eigenvalue weighted by Crippen LogP contribution is 2.28. The summed E-state index contributed by atoms with van der Waals surface area (Å²) in [5.74, 6) is 0.933. The highest BCUT2D eigenvalue weighted by atomic mass is 16.5. The molecule has 146 valence electrons. The normalized spacial score (nSPS) is 15.0. The summed E-state index contributed by atoms with van der Waals surface area (Å²) in [5, 5.41) is 0. The van der Waals surface area contributed by atoms with Crippen molar-refractivity contribution in [2.24, 2.45) is 0 Å². The Kier molecular flexibility index (Phi) is 4.81. The van der Waals surface area contributed by atoms with E-state index in [1.165, 1.54) is 0 Å². The Bertz CT molecular complexity index is 1060. The Morgan fingerprint density at radius 3 is 2.46 bits per heavy atom. The molecule has 1 fully saturated rings. The molecule has 28 heavy (non-hydrogen) atoms. The highest BCUT2D eigenvalue weighted by Gasteiger charge is 2.27. The van der Waals surface area contributed by atoms with Crippen LogP contribution in [0, 0.1) is 0 Å². The molecule has 0 radical (unpaired) electrons. The van der Waals surface area contributed by atoms with Gasteiger partial charge in [-0.1, -0.05) is 6.07 Å². The third-order valence-corrected chi connectivity index (χ3v) is 5.25. The second kappa shape index (κ2) is 7.42. The Morgan fingerprint density at radius 2 is 1.75 bits per heavy atom. The molecule has 0 unspecified atom stereocenters. The number of methoxy groups -OCH3 is 2. The van der Waals surface area contributed by atoms with Crippen LogP contribution in [0.25, 0.3) is 11.1 Å². The lowest BCUT2D eigenvalue weighted by Gasteiger charge is -2.32. The molecular weight excluding hydrogens is 360 g/mol. The molecule has 7 heteroatoms. The Balaban J connectivity index is 1.53. The summed E-state index contributed by atoms with van der Waals surface area (Å²) >= 11 is 0. The fraction of sp³-hybridized carbons (Fsp3) is 0.333. The zero-order chi connectivity index (χ0) is 19.7. The molecule has 2 heterocycles. The monoisotopic (exact) mass is 382 g/mol. The van der Waals surface area contributed by atoms with Gasteiger partial charge in [0.05, 0.1) is 19.7 Å². The molecule has 0 aliphatic carbocycles. The Labute approximate surface area is 162 Å². The van der Waals surface area contributed by atoms with E-state index in [2.05, 4.69) is 0 Å². The van der Waals surface area contributed by atoms with Crippen LogP contribution in [-0.2, 0) is 0 Å². The summed E-state index contributed by atoms with van der Waals surface area (Å²) in [6.45, 7) is 1.15. The van der Waals surface area contributed by atoms with Crippen LogP contribution in [0.15, 0.2) is 51.7 Å². The number of aromatic nitrogens is 1. The van der Waals surface area contributed by atoms with Crippen molar-refractivity contribution in [1.29, 1.82) is 0 Å². The van der Waals surface area contributed by atoms with Gasteiger partial charge in [-0.15, -0.1) is 0 Å². The first-order valence-corrected chi connectivity index (χ1v) is 9.23. The molecule has 1 aromatic heterocycles. The van der Waals surface area contributed by atoms with Gasteiger partial charge in [-0.3, -0.25) is 9.36 Å². The van der Waals surface area contributed by atoms with Gasteiger partial charge in [0, 0.05) is 30.8 Å². The first-order valence-electron chi connectivity index (χ1n) is 9.23. The molecule has 1 saturated heterocycles. The van der Waals surface area contributed by atoms with Crippen molar-refractivity contribution in [3.8, 4) is 11.5 Å². The van der Waals surface area contributed by atoms with E-state index in [0.29, 0.717) is 48.6 Å². The van der Waals surface area contributed by atoms with E-state index >= 15 is 0 Å². The summed E-state index contributed by atoms with van der Waals surface area (Å²) in [6.07, 6.45) is 1.36. The molecule has 1 amide bonds. The number of ether oxygens (including phenoxy) is 2. The van der Waals surface area contributed by atoms with Gasteiger partial charge in [0.25, 0.3) is 5.91 Å². The number of oxazole rings is 1. The number of carbonyl (C=O) groups excluding carboxylic acids is 1. The first-order chi connectivity index (χ1) is 13.6. The number of rotatable bonds is 4. The average Bonchev–Trinajstić information content (AvgIpc) is 3.08. The van der Waals surface area contributed by atoms with Gasteiger partial charge in [-0.05, 0) is 43.2 Å². The first kappa shape index (κ1) is 18.2. The van der Waals surface area contributed by atoms with Crippen LogP contribution in [-0.4, -0.2) is 42.7 Å². The van der Waals surface area contributed by atoms with Crippen LogP contribution in [0.1, 0.15) is 29.2 Å².